The summed E-state index contributed by atoms with van der Waals surface area (Å²) in [7, 11) is 3.98. The van der Waals surface area contributed by atoms with Crippen molar-refractivity contribution in [2.24, 2.45) is 4.99 Å². The fourth-order valence-corrected chi connectivity index (χ4v) is 5.63. The Labute approximate surface area is 273 Å². The maximum Gasteiger partial charge on any atom is 0.266 e. The zero-order chi connectivity index (χ0) is 31.8. The van der Waals surface area contributed by atoms with Gasteiger partial charge in [-0.2, -0.15) is 0 Å². The molecule has 4 aromatic carbocycles. The molecule has 234 valence electrons. The minimum Gasteiger partial charge on any atom is -0.494 e. The number of nitrogens with one attached hydrogen (secondary N) is 2. The summed E-state index contributed by atoms with van der Waals surface area (Å²) >= 11 is 13.0. The molecule has 1 aliphatic heterocycles. The molecule has 0 radical (unpaired) electrons. The number of nitrogens with zero attached hydrogens (tertiary/aromatic N) is 2. The van der Waals surface area contributed by atoms with Crippen molar-refractivity contribution in [2.75, 3.05) is 32.2 Å². The van der Waals surface area contributed by atoms with E-state index in [0.29, 0.717) is 52.4 Å². The Morgan fingerprint density at radius 2 is 1.71 bits per heavy atom. The van der Waals surface area contributed by atoms with Gasteiger partial charge in [0.2, 0.25) is 5.90 Å². The van der Waals surface area contributed by atoms with Crippen LogP contribution in [-0.4, -0.2) is 49.8 Å². The number of carbonyl (C=O) groups excluding carboxylic acids is 1. The standard InChI is InChI=1S/C35H36Cl2N4O4/c1-41(2)28-14-9-25(10-15-28)23-38-40-34(43)35(22-24-7-4-3-5-8-24)32(30-18-13-27(36)21-31(30)37)45-33(39-35)26-11-16-29(17-12-26)44-20-6-19-42/h3-5,7-18,21,32,38,42H,6,19-20,22-23H2,1-2H3,(H,40,43)/t32-,35-/m0/s1. The Morgan fingerprint density at radius 1 is 0.978 bits per heavy atom. The molecule has 8 nitrogen and oxygen atoms in total. The lowest BCUT2D eigenvalue weighted by molar-refractivity contribution is -0.130. The second-order valence-corrected chi connectivity index (χ2v) is 11.8. The highest BCUT2D eigenvalue weighted by molar-refractivity contribution is 6.35. The van der Waals surface area contributed by atoms with Crippen LogP contribution >= 0.6 is 23.2 Å². The molecule has 0 spiro atoms. The quantitative estimate of drug-likeness (QED) is 0.119. The van der Waals surface area contributed by atoms with Crippen LogP contribution in [0.3, 0.4) is 0 Å². The molecule has 3 N–H and O–H groups in total. The summed E-state index contributed by atoms with van der Waals surface area (Å²) in [5.41, 5.74) is 8.85. The summed E-state index contributed by atoms with van der Waals surface area (Å²) in [5.74, 6) is 0.587. The minimum atomic E-state index is -1.42. The molecule has 0 aromatic heterocycles. The molecule has 5 rings (SSSR count). The lowest BCUT2D eigenvalue weighted by atomic mass is 9.82. The zero-order valence-corrected chi connectivity index (χ0v) is 26.7. The first kappa shape index (κ1) is 32.3. The van der Waals surface area contributed by atoms with Gasteiger partial charge in [0.15, 0.2) is 11.6 Å². The van der Waals surface area contributed by atoms with Crippen LogP contribution in [0, 0.1) is 0 Å². The van der Waals surface area contributed by atoms with Crippen molar-refractivity contribution in [3.8, 4) is 5.75 Å². The van der Waals surface area contributed by atoms with Crippen LogP contribution in [0.5, 0.6) is 5.75 Å². The summed E-state index contributed by atoms with van der Waals surface area (Å²) < 4.78 is 12.3. The Bertz CT molecular complexity index is 1620. The monoisotopic (exact) mass is 646 g/mol. The largest absolute Gasteiger partial charge is 0.494 e. The van der Waals surface area contributed by atoms with Crippen molar-refractivity contribution in [3.63, 3.8) is 0 Å². The van der Waals surface area contributed by atoms with Gasteiger partial charge in [0.05, 0.1) is 6.61 Å². The van der Waals surface area contributed by atoms with E-state index in [4.69, 9.17) is 42.8 Å². The number of ether oxygens (including phenoxy) is 2. The normalized spacial score (nSPS) is 17.4. The summed E-state index contributed by atoms with van der Waals surface area (Å²) in [6.07, 6.45) is -0.0821. The third-order valence-corrected chi connectivity index (χ3v) is 8.10. The van der Waals surface area contributed by atoms with Gasteiger partial charge < -0.3 is 19.5 Å². The molecular weight excluding hydrogens is 611 g/mol. The maximum absolute atomic E-state index is 14.4. The van der Waals surface area contributed by atoms with E-state index >= 15 is 0 Å². The Hall–Kier alpha value is -4.08. The highest BCUT2D eigenvalue weighted by atomic mass is 35.5. The molecule has 1 amide bonds. The summed E-state index contributed by atoms with van der Waals surface area (Å²) in [6.45, 7) is 0.862. The molecule has 10 heteroatoms. The van der Waals surface area contributed by atoms with Crippen LogP contribution in [0.15, 0.2) is 102 Å². The van der Waals surface area contributed by atoms with Gasteiger partial charge in [0, 0.05) is 66.9 Å². The van der Waals surface area contributed by atoms with E-state index in [2.05, 4.69) is 10.9 Å². The van der Waals surface area contributed by atoms with E-state index in [-0.39, 0.29) is 18.9 Å². The number of aliphatic hydroxyl groups excluding tert-OH is 1. The molecule has 0 bridgehead atoms. The number of hydrogen-bond acceptors (Lipinski definition) is 7. The van der Waals surface area contributed by atoms with Crippen LogP contribution in [0.25, 0.3) is 0 Å². The summed E-state index contributed by atoms with van der Waals surface area (Å²) in [5, 5.41) is 9.90. The van der Waals surface area contributed by atoms with E-state index in [1.807, 2.05) is 97.9 Å². The Morgan fingerprint density at radius 3 is 2.38 bits per heavy atom. The highest BCUT2D eigenvalue weighted by Crippen LogP contribution is 2.45. The zero-order valence-electron chi connectivity index (χ0n) is 25.2. The number of hydrogen-bond donors (Lipinski definition) is 3. The highest BCUT2D eigenvalue weighted by Gasteiger charge is 2.54. The molecule has 4 aromatic rings. The van der Waals surface area contributed by atoms with Gasteiger partial charge in [-0.15, -0.1) is 0 Å². The Balaban J connectivity index is 1.49. The van der Waals surface area contributed by atoms with Crippen LogP contribution in [-0.2, 0) is 22.5 Å². The third kappa shape index (κ3) is 7.78. The fourth-order valence-electron chi connectivity index (χ4n) is 5.13. The van der Waals surface area contributed by atoms with Gasteiger partial charge >= 0.3 is 0 Å². The van der Waals surface area contributed by atoms with E-state index in [1.165, 1.54) is 0 Å². The molecule has 1 aliphatic rings. The van der Waals surface area contributed by atoms with E-state index < -0.39 is 11.6 Å². The van der Waals surface area contributed by atoms with Crippen molar-refractivity contribution >= 4 is 40.7 Å². The third-order valence-electron chi connectivity index (χ3n) is 7.54. The predicted octanol–water partition coefficient (Wildman–Crippen LogP) is 6.14. The molecule has 2 atom stereocenters. The maximum atomic E-state index is 14.4. The average molecular weight is 648 g/mol. The van der Waals surface area contributed by atoms with Crippen LogP contribution < -0.4 is 20.5 Å². The van der Waals surface area contributed by atoms with E-state index in [0.717, 1.165) is 16.8 Å². The lowest BCUT2D eigenvalue weighted by Crippen LogP contribution is -2.53. The summed E-state index contributed by atoms with van der Waals surface area (Å²) in [6, 6.07) is 30.2. The number of aliphatic hydroxyl groups is 1. The number of amides is 1. The van der Waals surface area contributed by atoms with Gasteiger partial charge in [-0.1, -0.05) is 71.7 Å². The van der Waals surface area contributed by atoms with Gasteiger partial charge in [0.1, 0.15) is 5.75 Å². The second-order valence-electron chi connectivity index (χ2n) is 11.0. The second kappa shape index (κ2) is 14.8. The predicted molar refractivity (Wildman–Crippen MR) is 179 cm³/mol. The molecule has 1 heterocycles. The minimum absolute atomic E-state index is 0.0561. The Kier molecular flexibility index (Phi) is 10.6. The van der Waals surface area contributed by atoms with E-state index in [9.17, 15) is 4.79 Å². The molecule has 45 heavy (non-hydrogen) atoms. The van der Waals surface area contributed by atoms with Crippen LogP contribution in [0.2, 0.25) is 10.0 Å². The van der Waals surface area contributed by atoms with Gasteiger partial charge in [-0.3, -0.25) is 10.2 Å². The number of halogens is 2. The van der Waals surface area contributed by atoms with Crippen molar-refractivity contribution in [2.45, 2.75) is 31.0 Å². The molecule has 0 fully saturated rings. The number of benzene rings is 4. The number of carbonyl (C=O) groups is 1. The van der Waals surface area contributed by atoms with Crippen molar-refractivity contribution < 1.29 is 19.4 Å². The van der Waals surface area contributed by atoms with Crippen molar-refractivity contribution in [1.29, 1.82) is 0 Å². The molecule has 0 saturated heterocycles. The number of aliphatic imine (C=N–C) groups is 1. The molecular formula is C35H36Cl2N4O4. The first-order valence-electron chi connectivity index (χ1n) is 14.7. The molecule has 0 saturated carbocycles. The van der Waals surface area contributed by atoms with Crippen LogP contribution in [0.1, 0.15) is 34.8 Å². The first-order valence-corrected chi connectivity index (χ1v) is 15.4. The molecule has 0 aliphatic carbocycles. The molecule has 0 unspecified atom stereocenters. The number of anilines is 1. The lowest BCUT2D eigenvalue weighted by Gasteiger charge is -2.31. The topological polar surface area (TPSA) is 95.4 Å². The van der Waals surface area contributed by atoms with Crippen molar-refractivity contribution in [1.82, 2.24) is 10.9 Å². The van der Waals surface area contributed by atoms with Gasteiger partial charge in [-0.25, -0.2) is 10.4 Å². The van der Waals surface area contributed by atoms with Crippen molar-refractivity contribution in [3.05, 3.63) is 129 Å². The smallest absolute Gasteiger partial charge is 0.266 e. The van der Waals surface area contributed by atoms with E-state index in [1.54, 1.807) is 18.2 Å². The number of rotatable bonds is 13. The number of hydrazine groups is 1. The van der Waals surface area contributed by atoms with Crippen LogP contribution in [0.4, 0.5) is 5.69 Å². The first-order chi connectivity index (χ1) is 21.8. The SMILES string of the molecule is CN(C)c1ccc(CNNC(=O)[C@@]2(Cc3ccccc3)N=C(c3ccc(OCCCO)cc3)O[C@H]2c2ccc(Cl)cc2Cl)cc1. The fraction of sp³-hybridized carbons (Fsp3) is 0.257. The summed E-state index contributed by atoms with van der Waals surface area (Å²) in [4.78, 5) is 21.4. The van der Waals surface area contributed by atoms with Gasteiger partial charge in [0.25, 0.3) is 5.91 Å². The average Bonchev–Trinajstić information content (AvgIpc) is 3.42. The van der Waals surface area contributed by atoms with Gasteiger partial charge in [-0.05, 0) is 59.7 Å².